The number of hydrogen-bond donors (Lipinski definition) is 2. The third kappa shape index (κ3) is 5.79. The first-order valence-electron chi connectivity index (χ1n) is 10.2. The summed E-state index contributed by atoms with van der Waals surface area (Å²) < 4.78 is 5.37. The Balaban J connectivity index is 1.52. The van der Waals surface area contributed by atoms with Gasteiger partial charge in [0.2, 0.25) is 0 Å². The number of benzene rings is 2. The van der Waals surface area contributed by atoms with Gasteiger partial charge >= 0.3 is 0 Å². The van der Waals surface area contributed by atoms with Crippen molar-refractivity contribution in [3.63, 3.8) is 0 Å². The van der Waals surface area contributed by atoms with Gasteiger partial charge in [0.05, 0.1) is 6.61 Å². The maximum Gasteiger partial charge on any atom is 0.257 e. The molecule has 0 aliphatic carbocycles. The van der Waals surface area contributed by atoms with Crippen LogP contribution in [0.5, 0.6) is 5.75 Å². The fraction of sp³-hybridized carbons (Fsp3) is 0.348. The maximum absolute atomic E-state index is 12.6. The average molecular weight is 426 g/mol. The normalized spacial score (nSPS) is 14.1. The number of nitrogens with one attached hydrogen (secondary N) is 2. The van der Waals surface area contributed by atoms with Crippen molar-refractivity contribution in [1.82, 2.24) is 10.2 Å². The van der Waals surface area contributed by atoms with Gasteiger partial charge in [0, 0.05) is 29.9 Å². The second-order valence-corrected chi connectivity index (χ2v) is 7.83. The molecule has 1 fully saturated rings. The molecule has 2 aromatic rings. The highest BCUT2D eigenvalue weighted by molar-refractivity contribution is 7.80. The first kappa shape index (κ1) is 21.8. The number of ether oxygens (including phenoxy) is 1. The van der Waals surface area contributed by atoms with E-state index in [9.17, 15) is 9.59 Å². The minimum absolute atomic E-state index is 0.0554. The highest BCUT2D eigenvalue weighted by atomic mass is 32.1. The van der Waals surface area contributed by atoms with Crippen molar-refractivity contribution < 1.29 is 14.3 Å². The fourth-order valence-electron chi connectivity index (χ4n) is 3.30. The van der Waals surface area contributed by atoms with Crippen LogP contribution in [-0.2, 0) is 0 Å². The quantitative estimate of drug-likeness (QED) is 0.707. The molecule has 0 saturated carbocycles. The van der Waals surface area contributed by atoms with E-state index >= 15 is 0 Å². The number of rotatable bonds is 5. The summed E-state index contributed by atoms with van der Waals surface area (Å²) in [5.41, 5.74) is 1.84. The minimum Gasteiger partial charge on any atom is -0.494 e. The Labute approximate surface area is 182 Å². The summed E-state index contributed by atoms with van der Waals surface area (Å²) in [7, 11) is 0. The van der Waals surface area contributed by atoms with Crippen molar-refractivity contribution in [3.8, 4) is 5.75 Å². The molecule has 0 atom stereocenters. The maximum atomic E-state index is 12.6. The van der Waals surface area contributed by atoms with Gasteiger partial charge in [-0.15, -0.1) is 0 Å². The SMILES string of the molecule is CCOc1ccc(C(=O)NC(=S)Nc2ccc(C(=O)N3CCC(C)CC3)cc2)cc1. The standard InChI is InChI=1S/C23H27N3O3S/c1-3-29-20-10-6-17(7-11-20)21(27)25-23(30)24-19-8-4-18(5-9-19)22(28)26-14-12-16(2)13-15-26/h4-11,16H,3,12-15H2,1-2H3,(H2,24,25,27,30). The molecule has 0 spiro atoms. The molecular formula is C23H27N3O3S. The summed E-state index contributed by atoms with van der Waals surface area (Å²) in [5.74, 6) is 1.14. The number of amides is 2. The van der Waals surface area contributed by atoms with Crippen LogP contribution >= 0.6 is 12.2 Å². The molecule has 0 radical (unpaired) electrons. The van der Waals surface area contributed by atoms with Crippen LogP contribution < -0.4 is 15.4 Å². The van der Waals surface area contributed by atoms with Crippen molar-refractivity contribution in [3.05, 3.63) is 59.7 Å². The van der Waals surface area contributed by atoms with Crippen molar-refractivity contribution in [2.75, 3.05) is 25.0 Å². The van der Waals surface area contributed by atoms with E-state index in [0.717, 1.165) is 25.9 Å². The van der Waals surface area contributed by atoms with Gasteiger partial charge in [-0.1, -0.05) is 6.92 Å². The lowest BCUT2D eigenvalue weighted by Gasteiger charge is -2.30. The summed E-state index contributed by atoms with van der Waals surface area (Å²) in [4.78, 5) is 26.9. The zero-order valence-electron chi connectivity index (χ0n) is 17.3. The highest BCUT2D eigenvalue weighted by Crippen LogP contribution is 2.19. The lowest BCUT2D eigenvalue weighted by atomic mass is 9.98. The van der Waals surface area contributed by atoms with Crippen molar-refractivity contribution in [2.24, 2.45) is 5.92 Å². The Hall–Kier alpha value is -2.93. The zero-order chi connectivity index (χ0) is 21.5. The predicted molar refractivity (Wildman–Crippen MR) is 122 cm³/mol. The Bertz CT molecular complexity index is 889. The third-order valence-corrected chi connectivity index (χ3v) is 5.32. The van der Waals surface area contributed by atoms with Crippen LogP contribution in [-0.4, -0.2) is 41.5 Å². The molecule has 7 heteroatoms. The van der Waals surface area contributed by atoms with E-state index in [4.69, 9.17) is 17.0 Å². The lowest BCUT2D eigenvalue weighted by Crippen LogP contribution is -2.37. The van der Waals surface area contributed by atoms with Crippen molar-refractivity contribution in [2.45, 2.75) is 26.7 Å². The number of carbonyl (C=O) groups is 2. The number of piperidine rings is 1. The summed E-state index contributed by atoms with van der Waals surface area (Å²) in [6, 6.07) is 14.0. The van der Waals surface area contributed by atoms with Crippen LogP contribution in [0, 0.1) is 5.92 Å². The predicted octanol–water partition coefficient (Wildman–Crippen LogP) is 4.08. The Morgan fingerprint density at radius 2 is 1.63 bits per heavy atom. The van der Waals surface area contributed by atoms with Gasteiger partial charge in [0.25, 0.3) is 11.8 Å². The van der Waals surface area contributed by atoms with E-state index in [2.05, 4.69) is 17.6 Å². The molecule has 158 valence electrons. The van der Waals surface area contributed by atoms with E-state index in [1.165, 1.54) is 0 Å². The fourth-order valence-corrected chi connectivity index (χ4v) is 3.51. The molecule has 6 nitrogen and oxygen atoms in total. The minimum atomic E-state index is -0.304. The van der Waals surface area contributed by atoms with Gasteiger partial charge in [0.1, 0.15) is 5.75 Å². The lowest BCUT2D eigenvalue weighted by molar-refractivity contribution is 0.0697. The van der Waals surface area contributed by atoms with E-state index in [0.29, 0.717) is 35.1 Å². The summed E-state index contributed by atoms with van der Waals surface area (Å²) >= 11 is 5.23. The molecule has 0 unspecified atom stereocenters. The first-order chi connectivity index (χ1) is 14.5. The summed E-state index contributed by atoms with van der Waals surface area (Å²) in [6.07, 6.45) is 2.10. The molecule has 1 aliphatic rings. The van der Waals surface area contributed by atoms with Crippen LogP contribution in [0.2, 0.25) is 0 Å². The summed E-state index contributed by atoms with van der Waals surface area (Å²) in [5, 5.41) is 5.82. The Morgan fingerprint density at radius 3 is 2.23 bits per heavy atom. The smallest absolute Gasteiger partial charge is 0.257 e. The second kappa shape index (κ2) is 10.2. The van der Waals surface area contributed by atoms with Gasteiger partial charge in [-0.25, -0.2) is 0 Å². The van der Waals surface area contributed by atoms with Crippen LogP contribution in [0.4, 0.5) is 5.69 Å². The molecule has 3 rings (SSSR count). The third-order valence-electron chi connectivity index (χ3n) is 5.12. The molecule has 1 saturated heterocycles. The molecule has 2 amide bonds. The molecular weight excluding hydrogens is 398 g/mol. The van der Waals surface area contributed by atoms with Crippen LogP contribution in [0.15, 0.2) is 48.5 Å². The van der Waals surface area contributed by atoms with Crippen molar-refractivity contribution >= 4 is 34.8 Å². The monoisotopic (exact) mass is 425 g/mol. The van der Waals surface area contributed by atoms with Gasteiger partial charge in [0.15, 0.2) is 5.11 Å². The average Bonchev–Trinajstić information content (AvgIpc) is 2.75. The Kier molecular flexibility index (Phi) is 7.41. The van der Waals surface area contributed by atoms with E-state index in [1.807, 2.05) is 11.8 Å². The van der Waals surface area contributed by atoms with Gasteiger partial charge in [-0.3, -0.25) is 14.9 Å². The number of thiocarbonyl (C=S) groups is 1. The number of likely N-dealkylation sites (tertiary alicyclic amines) is 1. The number of nitrogens with zero attached hydrogens (tertiary/aromatic N) is 1. The number of hydrogen-bond acceptors (Lipinski definition) is 4. The Morgan fingerprint density at radius 1 is 1.03 bits per heavy atom. The van der Waals surface area contributed by atoms with Crippen LogP contribution in [0.1, 0.15) is 47.4 Å². The number of carbonyl (C=O) groups excluding carboxylic acids is 2. The second-order valence-electron chi connectivity index (χ2n) is 7.42. The van der Waals surface area contributed by atoms with Crippen LogP contribution in [0.3, 0.4) is 0 Å². The molecule has 2 aromatic carbocycles. The van der Waals surface area contributed by atoms with E-state index in [-0.39, 0.29) is 16.9 Å². The van der Waals surface area contributed by atoms with E-state index in [1.54, 1.807) is 48.5 Å². The topological polar surface area (TPSA) is 70.7 Å². The van der Waals surface area contributed by atoms with Crippen LogP contribution in [0.25, 0.3) is 0 Å². The molecule has 0 aromatic heterocycles. The van der Waals surface area contributed by atoms with Gasteiger partial charge < -0.3 is 15.0 Å². The molecule has 1 aliphatic heterocycles. The highest BCUT2D eigenvalue weighted by Gasteiger charge is 2.21. The molecule has 0 bridgehead atoms. The van der Waals surface area contributed by atoms with E-state index < -0.39 is 0 Å². The van der Waals surface area contributed by atoms with Gasteiger partial charge in [-0.2, -0.15) is 0 Å². The molecule has 2 N–H and O–H groups in total. The van der Waals surface area contributed by atoms with Crippen molar-refractivity contribution in [1.29, 1.82) is 0 Å². The van der Waals surface area contributed by atoms with Gasteiger partial charge in [-0.05, 0) is 86.4 Å². The summed E-state index contributed by atoms with van der Waals surface area (Å²) in [6.45, 7) is 6.31. The molecule has 30 heavy (non-hydrogen) atoms. The zero-order valence-corrected chi connectivity index (χ0v) is 18.1. The molecule has 1 heterocycles. The number of anilines is 1. The first-order valence-corrected chi connectivity index (χ1v) is 10.6. The largest absolute Gasteiger partial charge is 0.494 e.